The standard InChI is InChI=1S/C14H15N3/c15-11-14(13-7-4-9-16-13)17-10-8-12-5-2-1-3-6-12/h1-7,9,14,16-17H,8,10H2. The molecule has 0 saturated heterocycles. The third-order valence-electron chi connectivity index (χ3n) is 2.67. The van der Waals surface area contributed by atoms with Crippen molar-refractivity contribution < 1.29 is 0 Å². The molecule has 2 rings (SSSR count). The molecule has 2 aromatic rings. The number of nitrogens with zero attached hydrogens (tertiary/aromatic N) is 1. The minimum absolute atomic E-state index is 0.256. The van der Waals surface area contributed by atoms with Crippen LogP contribution in [-0.2, 0) is 6.42 Å². The van der Waals surface area contributed by atoms with Crippen molar-refractivity contribution in [3.63, 3.8) is 0 Å². The maximum atomic E-state index is 9.06. The molecule has 17 heavy (non-hydrogen) atoms. The van der Waals surface area contributed by atoms with Crippen LogP contribution in [0.2, 0.25) is 0 Å². The zero-order valence-electron chi connectivity index (χ0n) is 9.56. The lowest BCUT2D eigenvalue weighted by Gasteiger charge is -2.09. The van der Waals surface area contributed by atoms with E-state index in [0.29, 0.717) is 0 Å². The number of nitrogens with one attached hydrogen (secondary N) is 2. The van der Waals surface area contributed by atoms with Crippen molar-refractivity contribution in [2.75, 3.05) is 6.54 Å². The first-order valence-corrected chi connectivity index (χ1v) is 5.70. The number of hydrogen-bond donors (Lipinski definition) is 2. The van der Waals surface area contributed by atoms with Crippen LogP contribution in [0.3, 0.4) is 0 Å². The highest BCUT2D eigenvalue weighted by Gasteiger charge is 2.09. The molecular weight excluding hydrogens is 210 g/mol. The number of benzene rings is 1. The molecule has 0 saturated carbocycles. The van der Waals surface area contributed by atoms with Gasteiger partial charge in [-0.2, -0.15) is 5.26 Å². The van der Waals surface area contributed by atoms with Gasteiger partial charge in [-0.25, -0.2) is 0 Å². The number of hydrogen-bond acceptors (Lipinski definition) is 2. The Balaban J connectivity index is 1.84. The average Bonchev–Trinajstić information content (AvgIpc) is 2.90. The van der Waals surface area contributed by atoms with E-state index in [1.165, 1.54) is 5.56 Å². The highest BCUT2D eigenvalue weighted by Crippen LogP contribution is 2.08. The van der Waals surface area contributed by atoms with Gasteiger partial charge in [0, 0.05) is 18.4 Å². The second-order valence-electron chi connectivity index (χ2n) is 3.88. The lowest BCUT2D eigenvalue weighted by Crippen LogP contribution is -2.22. The van der Waals surface area contributed by atoms with E-state index in [1.807, 2.05) is 36.5 Å². The van der Waals surface area contributed by atoms with Gasteiger partial charge in [-0.05, 0) is 24.1 Å². The van der Waals surface area contributed by atoms with Gasteiger partial charge in [-0.1, -0.05) is 30.3 Å². The molecule has 86 valence electrons. The summed E-state index contributed by atoms with van der Waals surface area (Å²) in [5.74, 6) is 0. The summed E-state index contributed by atoms with van der Waals surface area (Å²) in [6.07, 6.45) is 2.76. The van der Waals surface area contributed by atoms with Crippen LogP contribution in [0.25, 0.3) is 0 Å². The van der Waals surface area contributed by atoms with Crippen LogP contribution in [0.15, 0.2) is 48.7 Å². The van der Waals surface area contributed by atoms with Crippen molar-refractivity contribution in [2.45, 2.75) is 12.5 Å². The highest BCUT2D eigenvalue weighted by atomic mass is 14.9. The van der Waals surface area contributed by atoms with E-state index >= 15 is 0 Å². The summed E-state index contributed by atoms with van der Waals surface area (Å²) in [4.78, 5) is 3.05. The number of aromatic nitrogens is 1. The lowest BCUT2D eigenvalue weighted by molar-refractivity contribution is 0.619. The predicted octanol–water partition coefficient (Wildman–Crippen LogP) is 2.41. The minimum atomic E-state index is -0.256. The second-order valence-corrected chi connectivity index (χ2v) is 3.88. The van der Waals surface area contributed by atoms with Crippen LogP contribution in [0.4, 0.5) is 0 Å². The summed E-state index contributed by atoms with van der Waals surface area (Å²) in [6.45, 7) is 0.793. The molecule has 0 aliphatic carbocycles. The van der Waals surface area contributed by atoms with Crippen LogP contribution in [0.1, 0.15) is 17.3 Å². The fourth-order valence-electron chi connectivity index (χ4n) is 1.75. The van der Waals surface area contributed by atoms with E-state index in [-0.39, 0.29) is 6.04 Å². The molecule has 3 heteroatoms. The molecule has 0 bridgehead atoms. The van der Waals surface area contributed by atoms with Crippen molar-refractivity contribution in [3.05, 3.63) is 59.9 Å². The average molecular weight is 225 g/mol. The Hall–Kier alpha value is -2.05. The van der Waals surface area contributed by atoms with Gasteiger partial charge >= 0.3 is 0 Å². The molecule has 0 amide bonds. The first-order chi connectivity index (χ1) is 8.40. The third kappa shape index (κ3) is 3.20. The maximum Gasteiger partial charge on any atom is 0.136 e. The largest absolute Gasteiger partial charge is 0.363 e. The molecule has 0 aliphatic heterocycles. The first-order valence-electron chi connectivity index (χ1n) is 5.70. The van der Waals surface area contributed by atoms with E-state index in [1.54, 1.807) is 0 Å². The number of H-pyrrole nitrogens is 1. The summed E-state index contributed by atoms with van der Waals surface area (Å²) >= 11 is 0. The molecule has 2 N–H and O–H groups in total. The van der Waals surface area contributed by atoms with Crippen LogP contribution >= 0.6 is 0 Å². The molecule has 0 aliphatic rings. The SMILES string of the molecule is N#CC(NCCc1ccccc1)c1ccc[nH]1. The maximum absolute atomic E-state index is 9.06. The van der Waals surface area contributed by atoms with E-state index in [2.05, 4.69) is 28.5 Å². The van der Waals surface area contributed by atoms with Crippen LogP contribution in [0, 0.1) is 11.3 Å². The van der Waals surface area contributed by atoms with Crippen molar-refractivity contribution in [3.8, 4) is 6.07 Å². The minimum Gasteiger partial charge on any atom is -0.363 e. The molecule has 1 aromatic heterocycles. The number of aromatic amines is 1. The van der Waals surface area contributed by atoms with Gasteiger partial charge < -0.3 is 4.98 Å². The Morgan fingerprint density at radius 2 is 2.00 bits per heavy atom. The van der Waals surface area contributed by atoms with Crippen molar-refractivity contribution in [2.24, 2.45) is 0 Å². The van der Waals surface area contributed by atoms with E-state index < -0.39 is 0 Å². The fourth-order valence-corrected chi connectivity index (χ4v) is 1.75. The Morgan fingerprint density at radius 1 is 1.18 bits per heavy atom. The van der Waals surface area contributed by atoms with E-state index in [9.17, 15) is 0 Å². The Morgan fingerprint density at radius 3 is 2.65 bits per heavy atom. The Bertz CT molecular complexity index is 468. The van der Waals surface area contributed by atoms with E-state index in [4.69, 9.17) is 5.26 Å². The molecule has 1 heterocycles. The summed E-state index contributed by atoms with van der Waals surface area (Å²) in [5, 5.41) is 12.3. The molecular formula is C14H15N3. The van der Waals surface area contributed by atoms with Crippen molar-refractivity contribution >= 4 is 0 Å². The summed E-state index contributed by atoms with van der Waals surface area (Å²) in [6, 6.07) is 16.1. The summed E-state index contributed by atoms with van der Waals surface area (Å²) in [7, 11) is 0. The van der Waals surface area contributed by atoms with Gasteiger partial charge in [0.05, 0.1) is 6.07 Å². The van der Waals surface area contributed by atoms with Crippen LogP contribution in [0.5, 0.6) is 0 Å². The number of nitriles is 1. The lowest BCUT2D eigenvalue weighted by atomic mass is 10.1. The van der Waals surface area contributed by atoms with Gasteiger partial charge in [0.1, 0.15) is 6.04 Å². The zero-order valence-corrected chi connectivity index (χ0v) is 9.56. The highest BCUT2D eigenvalue weighted by molar-refractivity contribution is 5.17. The fraction of sp³-hybridized carbons (Fsp3) is 0.214. The molecule has 0 radical (unpaired) electrons. The molecule has 1 unspecified atom stereocenters. The summed E-state index contributed by atoms with van der Waals surface area (Å²) in [5.41, 5.74) is 2.20. The first kappa shape index (κ1) is 11.4. The monoisotopic (exact) mass is 225 g/mol. The van der Waals surface area contributed by atoms with Gasteiger partial charge in [0.2, 0.25) is 0 Å². The third-order valence-corrected chi connectivity index (χ3v) is 2.67. The molecule has 1 aromatic carbocycles. The second kappa shape index (κ2) is 5.88. The van der Waals surface area contributed by atoms with Crippen LogP contribution < -0.4 is 5.32 Å². The summed E-state index contributed by atoms with van der Waals surface area (Å²) < 4.78 is 0. The topological polar surface area (TPSA) is 51.6 Å². The quantitative estimate of drug-likeness (QED) is 0.821. The normalized spacial score (nSPS) is 11.9. The van der Waals surface area contributed by atoms with Crippen molar-refractivity contribution in [1.29, 1.82) is 5.26 Å². The molecule has 1 atom stereocenters. The van der Waals surface area contributed by atoms with Gasteiger partial charge in [-0.3, -0.25) is 5.32 Å². The Labute approximate surface area is 101 Å². The molecule has 0 spiro atoms. The van der Waals surface area contributed by atoms with Crippen LogP contribution in [-0.4, -0.2) is 11.5 Å². The molecule has 3 nitrogen and oxygen atoms in total. The Kier molecular flexibility index (Phi) is 3.95. The predicted molar refractivity (Wildman–Crippen MR) is 67.3 cm³/mol. The smallest absolute Gasteiger partial charge is 0.136 e. The van der Waals surface area contributed by atoms with Gasteiger partial charge in [-0.15, -0.1) is 0 Å². The zero-order chi connectivity index (χ0) is 11.9. The van der Waals surface area contributed by atoms with Crippen molar-refractivity contribution in [1.82, 2.24) is 10.3 Å². The van der Waals surface area contributed by atoms with Gasteiger partial charge in [0.25, 0.3) is 0 Å². The van der Waals surface area contributed by atoms with E-state index in [0.717, 1.165) is 18.7 Å². The van der Waals surface area contributed by atoms with Gasteiger partial charge in [0.15, 0.2) is 0 Å². The number of rotatable bonds is 5. The molecule has 0 fully saturated rings.